The van der Waals surface area contributed by atoms with Crippen LogP contribution in [0.25, 0.3) is 0 Å². The number of anilines is 2. The first-order valence-electron chi connectivity index (χ1n) is 8.23. The maximum absolute atomic E-state index is 11.9. The molecule has 0 heterocycles. The van der Waals surface area contributed by atoms with Crippen LogP contribution < -0.4 is 15.5 Å². The molecule has 128 valence electrons. The van der Waals surface area contributed by atoms with Crippen LogP contribution in [0.15, 0.2) is 48.5 Å². The highest BCUT2D eigenvalue weighted by Gasteiger charge is 2.05. The van der Waals surface area contributed by atoms with Crippen molar-refractivity contribution in [3.05, 3.63) is 59.1 Å². The molecule has 0 aromatic heterocycles. The molecule has 0 aliphatic heterocycles. The molecule has 5 heteroatoms. The van der Waals surface area contributed by atoms with Crippen LogP contribution in [0.1, 0.15) is 19.4 Å². The Bertz CT molecular complexity index is 654. The quantitative estimate of drug-likeness (QED) is 0.762. The molecule has 1 amide bonds. The number of nitrogens with zero attached hydrogens (tertiary/aromatic N) is 1. The minimum absolute atomic E-state index is 0.0669. The van der Waals surface area contributed by atoms with Crippen LogP contribution in [-0.4, -0.2) is 25.5 Å². The summed E-state index contributed by atoms with van der Waals surface area (Å²) in [5.74, 6) is -0.0669. The van der Waals surface area contributed by atoms with E-state index in [1.807, 2.05) is 36.4 Å². The maximum atomic E-state index is 11.9. The molecule has 0 unspecified atom stereocenters. The fourth-order valence-electron chi connectivity index (χ4n) is 2.46. The van der Waals surface area contributed by atoms with Crippen LogP contribution in [0.4, 0.5) is 11.4 Å². The summed E-state index contributed by atoms with van der Waals surface area (Å²) in [4.78, 5) is 14.2. The lowest BCUT2D eigenvalue weighted by atomic mass is 10.2. The molecule has 0 radical (unpaired) electrons. The van der Waals surface area contributed by atoms with E-state index in [1.54, 1.807) is 0 Å². The average molecular weight is 346 g/mol. The van der Waals surface area contributed by atoms with E-state index >= 15 is 0 Å². The molecule has 2 aromatic carbocycles. The van der Waals surface area contributed by atoms with Gasteiger partial charge in [-0.2, -0.15) is 0 Å². The highest BCUT2D eigenvalue weighted by atomic mass is 35.5. The van der Waals surface area contributed by atoms with Gasteiger partial charge in [-0.25, -0.2) is 0 Å². The lowest BCUT2D eigenvalue weighted by molar-refractivity contribution is -0.119. The van der Waals surface area contributed by atoms with Crippen LogP contribution in [0.5, 0.6) is 0 Å². The van der Waals surface area contributed by atoms with Gasteiger partial charge in [-0.05, 0) is 49.7 Å². The fraction of sp³-hybridized carbons (Fsp3) is 0.316. The molecular formula is C19H24ClN3O. The monoisotopic (exact) mass is 345 g/mol. The first kappa shape index (κ1) is 18.1. The van der Waals surface area contributed by atoms with Crippen molar-refractivity contribution in [2.75, 3.05) is 29.9 Å². The Kier molecular flexibility index (Phi) is 6.94. The van der Waals surface area contributed by atoms with E-state index in [4.69, 9.17) is 11.6 Å². The predicted octanol–water partition coefficient (Wildman–Crippen LogP) is 3.91. The normalized spacial score (nSPS) is 10.3. The minimum atomic E-state index is -0.0669. The molecule has 0 saturated carbocycles. The van der Waals surface area contributed by atoms with Crippen LogP contribution in [0, 0.1) is 0 Å². The third-order valence-corrected chi connectivity index (χ3v) is 4.25. The Morgan fingerprint density at radius 3 is 2.33 bits per heavy atom. The molecule has 0 atom stereocenters. The Morgan fingerprint density at radius 2 is 1.71 bits per heavy atom. The van der Waals surface area contributed by atoms with Crippen molar-refractivity contribution < 1.29 is 4.79 Å². The minimum Gasteiger partial charge on any atom is -0.376 e. The van der Waals surface area contributed by atoms with Gasteiger partial charge in [0.25, 0.3) is 0 Å². The van der Waals surface area contributed by atoms with Gasteiger partial charge < -0.3 is 15.5 Å². The van der Waals surface area contributed by atoms with Crippen molar-refractivity contribution >= 4 is 28.9 Å². The molecular weight excluding hydrogens is 322 g/mol. The van der Waals surface area contributed by atoms with Crippen molar-refractivity contribution in [1.29, 1.82) is 0 Å². The molecule has 0 aliphatic rings. The zero-order chi connectivity index (χ0) is 17.4. The number of hydrogen-bond acceptors (Lipinski definition) is 3. The van der Waals surface area contributed by atoms with Crippen molar-refractivity contribution in [3.63, 3.8) is 0 Å². The first-order chi connectivity index (χ1) is 11.6. The lowest BCUT2D eigenvalue weighted by Crippen LogP contribution is -2.29. The second-order valence-electron chi connectivity index (χ2n) is 5.44. The molecule has 2 N–H and O–H groups in total. The van der Waals surface area contributed by atoms with E-state index in [1.165, 1.54) is 5.69 Å². The number of benzene rings is 2. The van der Waals surface area contributed by atoms with E-state index in [-0.39, 0.29) is 12.5 Å². The predicted molar refractivity (Wildman–Crippen MR) is 102 cm³/mol. The van der Waals surface area contributed by atoms with Crippen LogP contribution in [-0.2, 0) is 11.3 Å². The van der Waals surface area contributed by atoms with Gasteiger partial charge in [-0.15, -0.1) is 0 Å². The largest absolute Gasteiger partial charge is 0.376 e. The molecule has 0 bridgehead atoms. The molecule has 24 heavy (non-hydrogen) atoms. The number of hydrogen-bond donors (Lipinski definition) is 2. The number of carbonyl (C=O) groups is 1. The van der Waals surface area contributed by atoms with E-state index in [0.29, 0.717) is 11.6 Å². The summed E-state index contributed by atoms with van der Waals surface area (Å²) in [6, 6.07) is 15.6. The number of halogens is 1. The Morgan fingerprint density at radius 1 is 1.04 bits per heavy atom. The Hall–Kier alpha value is -2.20. The lowest BCUT2D eigenvalue weighted by Gasteiger charge is -2.21. The van der Waals surface area contributed by atoms with E-state index in [0.717, 1.165) is 24.3 Å². The Balaban J connectivity index is 1.80. The first-order valence-corrected chi connectivity index (χ1v) is 8.60. The highest BCUT2D eigenvalue weighted by Crippen LogP contribution is 2.17. The third kappa shape index (κ3) is 5.17. The fourth-order valence-corrected chi connectivity index (χ4v) is 2.66. The number of rotatable bonds is 8. The number of amides is 1. The Labute approximate surface area is 148 Å². The second-order valence-corrected chi connectivity index (χ2v) is 5.85. The molecule has 2 aromatic rings. The topological polar surface area (TPSA) is 44.4 Å². The summed E-state index contributed by atoms with van der Waals surface area (Å²) in [6.07, 6.45) is 0. The van der Waals surface area contributed by atoms with E-state index in [9.17, 15) is 4.79 Å². The summed E-state index contributed by atoms with van der Waals surface area (Å²) in [7, 11) is 0. The summed E-state index contributed by atoms with van der Waals surface area (Å²) in [6.45, 7) is 6.90. The van der Waals surface area contributed by atoms with Crippen LogP contribution in [0.2, 0.25) is 5.02 Å². The van der Waals surface area contributed by atoms with Crippen molar-refractivity contribution in [3.8, 4) is 0 Å². The van der Waals surface area contributed by atoms with Crippen molar-refractivity contribution in [2.45, 2.75) is 20.4 Å². The molecule has 0 aliphatic carbocycles. The van der Waals surface area contributed by atoms with Gasteiger partial charge in [0.1, 0.15) is 0 Å². The van der Waals surface area contributed by atoms with Gasteiger partial charge in [-0.1, -0.05) is 29.8 Å². The number of nitrogens with one attached hydrogen (secondary N) is 2. The average Bonchev–Trinajstić information content (AvgIpc) is 2.61. The van der Waals surface area contributed by atoms with Crippen LogP contribution in [0.3, 0.4) is 0 Å². The molecule has 2 rings (SSSR count). The zero-order valence-electron chi connectivity index (χ0n) is 14.2. The summed E-state index contributed by atoms with van der Waals surface area (Å²) in [5, 5.41) is 6.66. The van der Waals surface area contributed by atoms with Crippen LogP contribution >= 0.6 is 11.6 Å². The smallest absolute Gasteiger partial charge is 0.239 e. The summed E-state index contributed by atoms with van der Waals surface area (Å²) in [5.41, 5.74) is 3.03. The van der Waals surface area contributed by atoms with Gasteiger partial charge in [0.05, 0.1) is 6.54 Å². The molecule has 0 spiro atoms. The zero-order valence-corrected chi connectivity index (χ0v) is 14.9. The van der Waals surface area contributed by atoms with E-state index in [2.05, 4.69) is 41.5 Å². The van der Waals surface area contributed by atoms with E-state index < -0.39 is 0 Å². The standard InChI is InChI=1S/C19H24ClN3O/c1-3-23(4-2)17-11-9-16(10-12-17)21-14-19(24)22-13-15-7-5-6-8-18(15)20/h5-12,21H,3-4,13-14H2,1-2H3,(H,22,24). The summed E-state index contributed by atoms with van der Waals surface area (Å²) < 4.78 is 0. The van der Waals surface area contributed by atoms with Crippen molar-refractivity contribution in [2.24, 2.45) is 0 Å². The van der Waals surface area contributed by atoms with Crippen molar-refractivity contribution in [1.82, 2.24) is 5.32 Å². The SMILES string of the molecule is CCN(CC)c1ccc(NCC(=O)NCc2ccccc2Cl)cc1. The summed E-state index contributed by atoms with van der Waals surface area (Å²) >= 11 is 6.07. The number of carbonyl (C=O) groups excluding carboxylic acids is 1. The second kappa shape index (κ2) is 9.18. The maximum Gasteiger partial charge on any atom is 0.239 e. The molecule has 4 nitrogen and oxygen atoms in total. The van der Waals surface area contributed by atoms with Gasteiger partial charge in [0.15, 0.2) is 0 Å². The molecule has 0 fully saturated rings. The van der Waals surface area contributed by atoms with Gasteiger partial charge in [0.2, 0.25) is 5.91 Å². The third-order valence-electron chi connectivity index (χ3n) is 3.88. The highest BCUT2D eigenvalue weighted by molar-refractivity contribution is 6.31. The van der Waals surface area contributed by atoms with Gasteiger partial charge >= 0.3 is 0 Å². The molecule has 0 saturated heterocycles. The van der Waals surface area contributed by atoms with Gasteiger partial charge in [-0.3, -0.25) is 4.79 Å². The van der Waals surface area contributed by atoms with Gasteiger partial charge in [0, 0.05) is 36.0 Å².